The summed E-state index contributed by atoms with van der Waals surface area (Å²) in [6.45, 7) is 2.68. The van der Waals surface area contributed by atoms with Gasteiger partial charge < -0.3 is 5.32 Å². The summed E-state index contributed by atoms with van der Waals surface area (Å²) in [6.07, 6.45) is 2.12. The highest BCUT2D eigenvalue weighted by molar-refractivity contribution is 7.91. The Morgan fingerprint density at radius 1 is 1.39 bits per heavy atom. The van der Waals surface area contributed by atoms with Crippen molar-refractivity contribution in [2.45, 2.75) is 30.7 Å². The number of halogens is 1. The van der Waals surface area contributed by atoms with Gasteiger partial charge in [0.25, 0.3) is 0 Å². The van der Waals surface area contributed by atoms with Crippen LogP contribution in [0.3, 0.4) is 0 Å². The number of sulfone groups is 1. The average molecular weight is 271 g/mol. The number of hydrogen-bond donors (Lipinski definition) is 1. The van der Waals surface area contributed by atoms with Gasteiger partial charge >= 0.3 is 0 Å². The molecule has 1 saturated carbocycles. The van der Waals surface area contributed by atoms with Crippen molar-refractivity contribution in [2.75, 3.05) is 12.3 Å². The molecule has 0 bridgehead atoms. The van der Waals surface area contributed by atoms with Crippen molar-refractivity contribution in [3.63, 3.8) is 0 Å². The monoisotopic (exact) mass is 271 g/mol. The molecular formula is C13H18FNO2S. The van der Waals surface area contributed by atoms with E-state index in [-0.39, 0.29) is 16.7 Å². The van der Waals surface area contributed by atoms with E-state index in [0.29, 0.717) is 5.92 Å². The molecular weight excluding hydrogens is 253 g/mol. The molecule has 2 rings (SSSR count). The fourth-order valence-electron chi connectivity index (χ4n) is 2.15. The first kappa shape index (κ1) is 13.5. The summed E-state index contributed by atoms with van der Waals surface area (Å²) in [5.74, 6) is -0.262. The predicted octanol–water partition coefficient (Wildman–Crippen LogP) is 1.99. The van der Waals surface area contributed by atoms with Crippen molar-refractivity contribution in [1.29, 1.82) is 0 Å². The number of benzene rings is 1. The van der Waals surface area contributed by atoms with Crippen LogP contribution in [0.1, 0.15) is 19.8 Å². The second-order valence-electron chi connectivity index (χ2n) is 4.71. The molecule has 1 aliphatic carbocycles. The van der Waals surface area contributed by atoms with E-state index in [4.69, 9.17) is 0 Å². The second kappa shape index (κ2) is 5.36. The topological polar surface area (TPSA) is 46.2 Å². The lowest BCUT2D eigenvalue weighted by Crippen LogP contribution is -2.37. The van der Waals surface area contributed by atoms with Crippen LogP contribution in [0.2, 0.25) is 0 Å². The summed E-state index contributed by atoms with van der Waals surface area (Å²) < 4.78 is 37.9. The van der Waals surface area contributed by atoms with Gasteiger partial charge in [-0.1, -0.05) is 19.1 Å². The van der Waals surface area contributed by atoms with Gasteiger partial charge in [-0.2, -0.15) is 0 Å². The van der Waals surface area contributed by atoms with Crippen LogP contribution in [-0.4, -0.2) is 26.8 Å². The van der Waals surface area contributed by atoms with Crippen LogP contribution in [-0.2, 0) is 9.84 Å². The van der Waals surface area contributed by atoms with Crippen LogP contribution in [0.25, 0.3) is 0 Å². The summed E-state index contributed by atoms with van der Waals surface area (Å²) >= 11 is 0. The third-order valence-electron chi connectivity index (χ3n) is 3.23. The molecule has 1 unspecified atom stereocenters. The molecule has 1 atom stereocenters. The fraction of sp³-hybridized carbons (Fsp3) is 0.538. The van der Waals surface area contributed by atoms with E-state index in [0.717, 1.165) is 19.4 Å². The Hall–Kier alpha value is -0.940. The summed E-state index contributed by atoms with van der Waals surface area (Å²) in [5.41, 5.74) is 0. The van der Waals surface area contributed by atoms with E-state index >= 15 is 0 Å². The highest BCUT2D eigenvalue weighted by Gasteiger charge is 2.34. The van der Waals surface area contributed by atoms with Crippen molar-refractivity contribution in [3.8, 4) is 0 Å². The maximum Gasteiger partial charge on any atom is 0.182 e. The lowest BCUT2D eigenvalue weighted by atomic mass is 10.2. The quantitative estimate of drug-likeness (QED) is 0.860. The SMILES string of the molecule is CCNC(CS(=O)(=O)c1ccccc1F)C1CC1. The van der Waals surface area contributed by atoms with Crippen molar-refractivity contribution in [2.24, 2.45) is 5.92 Å². The zero-order valence-corrected chi connectivity index (χ0v) is 11.2. The Labute approximate surface area is 107 Å². The Morgan fingerprint density at radius 3 is 2.61 bits per heavy atom. The van der Waals surface area contributed by atoms with Gasteiger partial charge in [-0.15, -0.1) is 0 Å². The van der Waals surface area contributed by atoms with Gasteiger partial charge in [-0.3, -0.25) is 0 Å². The molecule has 0 saturated heterocycles. The highest BCUT2D eigenvalue weighted by Crippen LogP contribution is 2.34. The molecule has 100 valence electrons. The van der Waals surface area contributed by atoms with Gasteiger partial charge in [0.2, 0.25) is 0 Å². The maximum atomic E-state index is 13.5. The van der Waals surface area contributed by atoms with Crippen LogP contribution in [0, 0.1) is 11.7 Å². The van der Waals surface area contributed by atoms with Crippen molar-refractivity contribution in [1.82, 2.24) is 5.32 Å². The molecule has 0 aromatic heterocycles. The second-order valence-corrected chi connectivity index (χ2v) is 6.72. The molecule has 3 nitrogen and oxygen atoms in total. The van der Waals surface area contributed by atoms with Crippen LogP contribution in [0.5, 0.6) is 0 Å². The Balaban J connectivity index is 2.18. The van der Waals surface area contributed by atoms with Gasteiger partial charge in [-0.05, 0) is 37.4 Å². The predicted molar refractivity (Wildman–Crippen MR) is 68.6 cm³/mol. The molecule has 1 aliphatic rings. The highest BCUT2D eigenvalue weighted by atomic mass is 32.2. The summed E-state index contributed by atoms with van der Waals surface area (Å²) in [4.78, 5) is -0.187. The molecule has 1 aromatic rings. The van der Waals surface area contributed by atoms with E-state index in [1.54, 1.807) is 6.07 Å². The molecule has 0 spiro atoms. The van der Waals surface area contributed by atoms with Crippen LogP contribution < -0.4 is 5.32 Å². The first-order valence-corrected chi connectivity index (χ1v) is 7.90. The third-order valence-corrected chi connectivity index (χ3v) is 5.03. The van der Waals surface area contributed by atoms with E-state index < -0.39 is 15.7 Å². The minimum absolute atomic E-state index is 0.0214. The smallest absolute Gasteiger partial charge is 0.182 e. The molecule has 0 aliphatic heterocycles. The zero-order chi connectivity index (χ0) is 13.2. The minimum Gasteiger partial charge on any atom is -0.313 e. The number of hydrogen-bond acceptors (Lipinski definition) is 3. The van der Waals surface area contributed by atoms with E-state index in [1.165, 1.54) is 18.2 Å². The average Bonchev–Trinajstić information content (AvgIpc) is 3.12. The molecule has 1 fully saturated rings. The summed E-state index contributed by atoms with van der Waals surface area (Å²) in [5, 5.41) is 3.19. The lowest BCUT2D eigenvalue weighted by Gasteiger charge is -2.17. The van der Waals surface area contributed by atoms with Crippen molar-refractivity contribution in [3.05, 3.63) is 30.1 Å². The van der Waals surface area contributed by atoms with Gasteiger partial charge in [-0.25, -0.2) is 12.8 Å². The van der Waals surface area contributed by atoms with E-state index in [2.05, 4.69) is 5.32 Å². The summed E-state index contributed by atoms with van der Waals surface area (Å²) in [7, 11) is -3.55. The number of rotatable bonds is 6. The standard InChI is InChI=1S/C13H18FNO2S/c1-2-15-12(10-7-8-10)9-18(16,17)13-6-4-3-5-11(13)14/h3-6,10,12,15H,2,7-9H2,1H3. The molecule has 1 aromatic carbocycles. The molecule has 0 amide bonds. The third kappa shape index (κ3) is 3.09. The van der Waals surface area contributed by atoms with Crippen LogP contribution in [0.4, 0.5) is 4.39 Å². The van der Waals surface area contributed by atoms with E-state index in [1.807, 2.05) is 6.92 Å². The molecule has 0 radical (unpaired) electrons. The zero-order valence-electron chi connectivity index (χ0n) is 10.4. The van der Waals surface area contributed by atoms with Crippen LogP contribution in [0.15, 0.2) is 29.2 Å². The van der Waals surface area contributed by atoms with Crippen molar-refractivity contribution >= 4 is 9.84 Å². The van der Waals surface area contributed by atoms with Crippen LogP contribution >= 0.6 is 0 Å². The lowest BCUT2D eigenvalue weighted by molar-refractivity contribution is 0.499. The van der Waals surface area contributed by atoms with Gasteiger partial charge in [0, 0.05) is 6.04 Å². The summed E-state index contributed by atoms with van der Waals surface area (Å²) in [6, 6.07) is 5.51. The largest absolute Gasteiger partial charge is 0.313 e. The molecule has 18 heavy (non-hydrogen) atoms. The molecule has 5 heteroatoms. The Kier molecular flexibility index (Phi) is 4.02. The van der Waals surface area contributed by atoms with Gasteiger partial charge in [0.05, 0.1) is 5.75 Å². The Morgan fingerprint density at radius 2 is 2.06 bits per heavy atom. The van der Waals surface area contributed by atoms with Gasteiger partial charge in [0.15, 0.2) is 9.84 Å². The molecule has 1 N–H and O–H groups in total. The van der Waals surface area contributed by atoms with Crippen molar-refractivity contribution < 1.29 is 12.8 Å². The van der Waals surface area contributed by atoms with Gasteiger partial charge in [0.1, 0.15) is 10.7 Å². The Bertz CT molecular complexity index is 511. The van der Waals surface area contributed by atoms with E-state index in [9.17, 15) is 12.8 Å². The minimum atomic E-state index is -3.55. The normalized spacial score (nSPS) is 17.7. The first-order valence-electron chi connectivity index (χ1n) is 6.25. The first-order chi connectivity index (χ1) is 8.54. The fourth-order valence-corrected chi connectivity index (χ4v) is 3.84. The number of nitrogens with one attached hydrogen (secondary N) is 1. The molecule has 0 heterocycles. The maximum absolute atomic E-state index is 13.5.